The molecule has 0 bridgehead atoms. The predicted octanol–water partition coefficient (Wildman–Crippen LogP) is 2.12. The van der Waals surface area contributed by atoms with Gasteiger partial charge in [0.25, 0.3) is 0 Å². The van der Waals surface area contributed by atoms with Crippen LogP contribution in [0.5, 0.6) is 5.75 Å². The van der Waals surface area contributed by atoms with Crippen molar-refractivity contribution in [2.45, 2.75) is 25.7 Å². The van der Waals surface area contributed by atoms with Gasteiger partial charge in [-0.05, 0) is 23.6 Å². The average molecular weight is 232 g/mol. The van der Waals surface area contributed by atoms with Crippen molar-refractivity contribution in [3.63, 3.8) is 0 Å². The fourth-order valence-electron chi connectivity index (χ4n) is 1.78. The summed E-state index contributed by atoms with van der Waals surface area (Å²) in [5.41, 5.74) is 1.24. The van der Waals surface area contributed by atoms with E-state index in [2.05, 4.69) is 46.6 Å². The fraction of sp³-hybridized carbons (Fsp3) is 0.417. The van der Waals surface area contributed by atoms with Gasteiger partial charge in [-0.2, -0.15) is 5.21 Å². The number of nitrogens with zero attached hydrogens (tertiary/aromatic N) is 3. The van der Waals surface area contributed by atoms with E-state index in [0.29, 0.717) is 5.92 Å². The second-order valence-electron chi connectivity index (χ2n) is 4.12. The number of hydrogen-bond acceptors (Lipinski definition) is 4. The van der Waals surface area contributed by atoms with Gasteiger partial charge in [-0.25, -0.2) is 0 Å². The molecular weight excluding hydrogens is 216 g/mol. The van der Waals surface area contributed by atoms with Gasteiger partial charge >= 0.3 is 0 Å². The molecule has 2 rings (SSSR count). The summed E-state index contributed by atoms with van der Waals surface area (Å²) < 4.78 is 5.14. The van der Waals surface area contributed by atoms with E-state index < -0.39 is 0 Å². The zero-order chi connectivity index (χ0) is 12.3. The van der Waals surface area contributed by atoms with Gasteiger partial charge in [-0.15, -0.1) is 10.2 Å². The molecule has 1 heterocycles. The van der Waals surface area contributed by atoms with E-state index in [9.17, 15) is 0 Å². The summed E-state index contributed by atoms with van der Waals surface area (Å²) in [6.07, 6.45) is 0. The Kier molecular flexibility index (Phi) is 3.37. The third-order valence-corrected chi connectivity index (χ3v) is 3.16. The SMILES string of the molecule is COc1ccc([C@H](C)[C@@H](C)c2nn[nH]n2)cc1. The van der Waals surface area contributed by atoms with Crippen molar-refractivity contribution in [3.05, 3.63) is 35.7 Å². The normalized spacial score (nSPS) is 14.3. The molecule has 5 heteroatoms. The number of methoxy groups -OCH3 is 1. The van der Waals surface area contributed by atoms with E-state index in [4.69, 9.17) is 4.74 Å². The van der Waals surface area contributed by atoms with Gasteiger partial charge < -0.3 is 4.74 Å². The number of aromatic nitrogens is 4. The van der Waals surface area contributed by atoms with Gasteiger partial charge in [0.1, 0.15) is 5.75 Å². The molecule has 0 radical (unpaired) electrons. The molecule has 0 spiro atoms. The minimum Gasteiger partial charge on any atom is -0.497 e. The Morgan fingerprint density at radius 1 is 1.12 bits per heavy atom. The molecule has 1 aromatic heterocycles. The number of H-pyrrole nitrogens is 1. The summed E-state index contributed by atoms with van der Waals surface area (Å²) in [7, 11) is 1.67. The Morgan fingerprint density at radius 3 is 2.35 bits per heavy atom. The zero-order valence-electron chi connectivity index (χ0n) is 10.2. The van der Waals surface area contributed by atoms with Crippen LogP contribution in [0.3, 0.4) is 0 Å². The molecule has 0 saturated carbocycles. The first-order valence-electron chi connectivity index (χ1n) is 5.59. The molecule has 0 aliphatic carbocycles. The monoisotopic (exact) mass is 232 g/mol. The molecule has 5 nitrogen and oxygen atoms in total. The zero-order valence-corrected chi connectivity index (χ0v) is 10.2. The van der Waals surface area contributed by atoms with Crippen LogP contribution in [-0.4, -0.2) is 27.7 Å². The number of benzene rings is 1. The summed E-state index contributed by atoms with van der Waals surface area (Å²) in [5.74, 6) is 2.17. The summed E-state index contributed by atoms with van der Waals surface area (Å²) in [6.45, 7) is 4.25. The standard InChI is InChI=1S/C12H16N4O/c1-8(9(2)12-13-15-16-14-12)10-4-6-11(17-3)7-5-10/h4-9H,1-3H3,(H,13,14,15,16)/t8-,9-/m1/s1. The molecule has 17 heavy (non-hydrogen) atoms. The van der Waals surface area contributed by atoms with Gasteiger partial charge in [0, 0.05) is 5.92 Å². The van der Waals surface area contributed by atoms with Gasteiger partial charge in [-0.1, -0.05) is 31.2 Å². The quantitative estimate of drug-likeness (QED) is 0.877. The third kappa shape index (κ3) is 2.43. The smallest absolute Gasteiger partial charge is 0.177 e. The maximum Gasteiger partial charge on any atom is 0.177 e. The minimum atomic E-state index is 0.224. The van der Waals surface area contributed by atoms with Crippen molar-refractivity contribution in [2.75, 3.05) is 7.11 Å². The lowest BCUT2D eigenvalue weighted by Gasteiger charge is -2.17. The second kappa shape index (κ2) is 4.95. The van der Waals surface area contributed by atoms with Gasteiger partial charge in [0.2, 0.25) is 0 Å². The molecule has 2 atom stereocenters. The molecule has 0 aliphatic heterocycles. The Hall–Kier alpha value is -1.91. The van der Waals surface area contributed by atoms with Crippen molar-refractivity contribution in [3.8, 4) is 5.75 Å². The highest BCUT2D eigenvalue weighted by molar-refractivity contribution is 5.30. The molecule has 0 unspecified atom stereocenters. The fourth-order valence-corrected chi connectivity index (χ4v) is 1.78. The Bertz CT molecular complexity index is 452. The Balaban J connectivity index is 2.16. The van der Waals surface area contributed by atoms with Gasteiger partial charge in [-0.3, -0.25) is 0 Å². The number of nitrogens with one attached hydrogen (secondary N) is 1. The lowest BCUT2D eigenvalue weighted by Crippen LogP contribution is -2.06. The highest BCUT2D eigenvalue weighted by Crippen LogP contribution is 2.30. The molecule has 0 aliphatic rings. The van der Waals surface area contributed by atoms with E-state index in [1.165, 1.54) is 5.56 Å². The number of rotatable bonds is 4. The van der Waals surface area contributed by atoms with E-state index in [1.807, 2.05) is 12.1 Å². The molecule has 2 aromatic rings. The summed E-state index contributed by atoms with van der Waals surface area (Å²) in [4.78, 5) is 0. The lowest BCUT2D eigenvalue weighted by atomic mass is 9.88. The van der Waals surface area contributed by atoms with Crippen LogP contribution in [-0.2, 0) is 0 Å². The first-order chi connectivity index (χ1) is 8.22. The largest absolute Gasteiger partial charge is 0.497 e. The molecule has 0 fully saturated rings. The molecule has 1 aromatic carbocycles. The van der Waals surface area contributed by atoms with E-state index in [1.54, 1.807) is 7.11 Å². The Labute approximate surface area is 100 Å². The molecular formula is C12H16N4O. The van der Waals surface area contributed by atoms with E-state index >= 15 is 0 Å². The number of tetrazole rings is 1. The Morgan fingerprint density at radius 2 is 1.82 bits per heavy atom. The van der Waals surface area contributed by atoms with Crippen molar-refractivity contribution in [2.24, 2.45) is 0 Å². The molecule has 1 N–H and O–H groups in total. The first-order valence-corrected chi connectivity index (χ1v) is 5.59. The summed E-state index contributed by atoms with van der Waals surface area (Å²) in [6, 6.07) is 8.07. The van der Waals surface area contributed by atoms with Crippen LogP contribution in [0.25, 0.3) is 0 Å². The van der Waals surface area contributed by atoms with Crippen LogP contribution in [0.4, 0.5) is 0 Å². The van der Waals surface area contributed by atoms with Crippen LogP contribution in [0, 0.1) is 0 Å². The topological polar surface area (TPSA) is 63.7 Å². The molecule has 0 saturated heterocycles. The van der Waals surface area contributed by atoms with Gasteiger partial charge in [0.15, 0.2) is 5.82 Å². The van der Waals surface area contributed by atoms with Crippen molar-refractivity contribution in [1.29, 1.82) is 0 Å². The number of aromatic amines is 1. The predicted molar refractivity (Wildman–Crippen MR) is 64.0 cm³/mol. The average Bonchev–Trinajstić information content (AvgIpc) is 2.91. The number of ether oxygens (including phenoxy) is 1. The van der Waals surface area contributed by atoms with Crippen LogP contribution >= 0.6 is 0 Å². The van der Waals surface area contributed by atoms with Gasteiger partial charge in [0.05, 0.1) is 7.11 Å². The van der Waals surface area contributed by atoms with Crippen molar-refractivity contribution in [1.82, 2.24) is 20.6 Å². The third-order valence-electron chi connectivity index (χ3n) is 3.16. The summed E-state index contributed by atoms with van der Waals surface area (Å²) >= 11 is 0. The highest BCUT2D eigenvalue weighted by Gasteiger charge is 2.19. The lowest BCUT2D eigenvalue weighted by molar-refractivity contribution is 0.414. The maximum atomic E-state index is 5.14. The molecule has 90 valence electrons. The van der Waals surface area contributed by atoms with E-state index in [-0.39, 0.29) is 5.92 Å². The first kappa shape index (κ1) is 11.6. The highest BCUT2D eigenvalue weighted by atomic mass is 16.5. The van der Waals surface area contributed by atoms with E-state index in [0.717, 1.165) is 11.6 Å². The van der Waals surface area contributed by atoms with Crippen LogP contribution in [0.1, 0.15) is 37.1 Å². The maximum absolute atomic E-state index is 5.14. The second-order valence-corrected chi connectivity index (χ2v) is 4.12. The summed E-state index contributed by atoms with van der Waals surface area (Å²) in [5, 5.41) is 14.1. The van der Waals surface area contributed by atoms with Crippen LogP contribution < -0.4 is 4.74 Å². The van der Waals surface area contributed by atoms with Crippen molar-refractivity contribution < 1.29 is 4.74 Å². The van der Waals surface area contributed by atoms with Crippen LogP contribution in [0.2, 0.25) is 0 Å². The van der Waals surface area contributed by atoms with Crippen LogP contribution in [0.15, 0.2) is 24.3 Å². The molecule has 0 amide bonds. The minimum absolute atomic E-state index is 0.224. The van der Waals surface area contributed by atoms with Crippen molar-refractivity contribution >= 4 is 0 Å². The number of hydrogen-bond donors (Lipinski definition) is 1.